The fraction of sp³-hybridized carbons (Fsp3) is 0.647. The van der Waals surface area contributed by atoms with E-state index in [1.165, 1.54) is 37.9 Å². The van der Waals surface area contributed by atoms with Crippen LogP contribution in [-0.2, 0) is 4.74 Å². The number of benzene rings is 1. The van der Waals surface area contributed by atoms with Crippen molar-refractivity contribution >= 4 is 0 Å². The first kappa shape index (κ1) is 14.8. The number of rotatable bonds is 5. The van der Waals surface area contributed by atoms with E-state index in [2.05, 4.69) is 34.5 Å². The van der Waals surface area contributed by atoms with E-state index in [-0.39, 0.29) is 6.10 Å². The average Bonchev–Trinajstić information content (AvgIpc) is 2.57. The van der Waals surface area contributed by atoms with Crippen LogP contribution in [0.15, 0.2) is 24.3 Å². The third kappa shape index (κ3) is 4.43. The highest BCUT2D eigenvalue weighted by Gasteiger charge is 2.15. The summed E-state index contributed by atoms with van der Waals surface area (Å²) in [6.07, 6.45) is 4.24. The van der Waals surface area contributed by atoms with Crippen LogP contribution in [0.5, 0.6) is 5.75 Å². The minimum atomic E-state index is 0.182. The van der Waals surface area contributed by atoms with Crippen LogP contribution in [0.1, 0.15) is 30.9 Å². The summed E-state index contributed by atoms with van der Waals surface area (Å²) < 4.78 is 11.6. The number of nitrogens with one attached hydrogen (secondary N) is 1. The molecule has 4 heteroatoms. The first-order valence-electron chi connectivity index (χ1n) is 8.19. The Morgan fingerprint density at radius 1 is 1.14 bits per heavy atom. The number of hydrogen-bond donors (Lipinski definition) is 1. The topological polar surface area (TPSA) is 33.7 Å². The monoisotopic (exact) mass is 290 g/mol. The van der Waals surface area contributed by atoms with Crippen LogP contribution in [0.3, 0.4) is 0 Å². The summed E-state index contributed by atoms with van der Waals surface area (Å²) >= 11 is 0. The standard InChI is InChI=1S/C17H26N2O2/c1-2-9-19(10-3-1)11-13-20-16-6-4-15(5-7-16)17-14-18-8-12-21-17/h4-7,17-18H,1-3,8-14H2/t17-/m1/s1. The van der Waals surface area contributed by atoms with Crippen LogP contribution in [0, 0.1) is 0 Å². The van der Waals surface area contributed by atoms with Gasteiger partial charge in [0.15, 0.2) is 0 Å². The number of ether oxygens (including phenoxy) is 2. The van der Waals surface area contributed by atoms with Crippen molar-refractivity contribution in [2.24, 2.45) is 0 Å². The molecule has 0 aliphatic carbocycles. The Kier molecular flexibility index (Phi) is 5.49. The lowest BCUT2D eigenvalue weighted by molar-refractivity contribution is 0.0277. The van der Waals surface area contributed by atoms with Crippen LogP contribution < -0.4 is 10.1 Å². The fourth-order valence-corrected chi connectivity index (χ4v) is 3.03. The molecule has 0 saturated carbocycles. The second-order valence-electron chi connectivity index (χ2n) is 5.88. The molecule has 116 valence electrons. The SMILES string of the molecule is c1cc([C@H]2CNCCO2)ccc1OCCN1CCCCC1. The van der Waals surface area contributed by atoms with Crippen LogP contribution in [0.2, 0.25) is 0 Å². The van der Waals surface area contributed by atoms with Gasteiger partial charge < -0.3 is 14.8 Å². The van der Waals surface area contributed by atoms with Crippen molar-refractivity contribution in [1.29, 1.82) is 0 Å². The molecule has 0 radical (unpaired) electrons. The zero-order valence-electron chi connectivity index (χ0n) is 12.7. The summed E-state index contributed by atoms with van der Waals surface area (Å²) in [7, 11) is 0. The molecule has 3 rings (SSSR count). The Bertz CT molecular complexity index is 409. The highest BCUT2D eigenvalue weighted by molar-refractivity contribution is 5.29. The van der Waals surface area contributed by atoms with E-state index in [0.29, 0.717) is 0 Å². The van der Waals surface area contributed by atoms with Crippen LogP contribution in [0.25, 0.3) is 0 Å². The molecule has 1 atom stereocenters. The van der Waals surface area contributed by atoms with Gasteiger partial charge in [0.05, 0.1) is 12.7 Å². The first-order valence-corrected chi connectivity index (χ1v) is 8.19. The molecule has 0 aromatic heterocycles. The van der Waals surface area contributed by atoms with Gasteiger partial charge in [-0.1, -0.05) is 18.6 Å². The van der Waals surface area contributed by atoms with E-state index in [1.807, 2.05) is 0 Å². The minimum Gasteiger partial charge on any atom is -0.492 e. The lowest BCUT2D eigenvalue weighted by Gasteiger charge is -2.26. The van der Waals surface area contributed by atoms with Gasteiger partial charge in [0.2, 0.25) is 0 Å². The molecule has 2 heterocycles. The second kappa shape index (κ2) is 7.78. The maximum Gasteiger partial charge on any atom is 0.119 e. The van der Waals surface area contributed by atoms with Crippen molar-refractivity contribution in [2.75, 3.05) is 45.9 Å². The largest absolute Gasteiger partial charge is 0.492 e. The highest BCUT2D eigenvalue weighted by atomic mass is 16.5. The molecule has 21 heavy (non-hydrogen) atoms. The lowest BCUT2D eigenvalue weighted by Crippen LogP contribution is -2.33. The van der Waals surface area contributed by atoms with Gasteiger partial charge in [0.1, 0.15) is 12.4 Å². The molecule has 2 aliphatic rings. The predicted octanol–water partition coefficient (Wildman–Crippen LogP) is 2.21. The molecule has 1 N–H and O–H groups in total. The van der Waals surface area contributed by atoms with Crippen molar-refractivity contribution in [3.8, 4) is 5.75 Å². The molecule has 1 aromatic rings. The molecule has 2 aliphatic heterocycles. The van der Waals surface area contributed by atoms with Crippen molar-refractivity contribution in [2.45, 2.75) is 25.4 Å². The van der Waals surface area contributed by atoms with E-state index < -0.39 is 0 Å². The van der Waals surface area contributed by atoms with Crippen molar-refractivity contribution in [1.82, 2.24) is 10.2 Å². The van der Waals surface area contributed by atoms with E-state index in [1.54, 1.807) is 0 Å². The average molecular weight is 290 g/mol. The highest BCUT2D eigenvalue weighted by Crippen LogP contribution is 2.21. The normalized spacial score (nSPS) is 23.9. The maximum atomic E-state index is 5.85. The molecule has 2 fully saturated rings. The van der Waals surface area contributed by atoms with Crippen molar-refractivity contribution in [3.05, 3.63) is 29.8 Å². The number of nitrogens with zero attached hydrogens (tertiary/aromatic N) is 1. The zero-order valence-corrected chi connectivity index (χ0v) is 12.7. The fourth-order valence-electron chi connectivity index (χ4n) is 3.03. The Hall–Kier alpha value is -1.10. The minimum absolute atomic E-state index is 0.182. The van der Waals surface area contributed by atoms with Gasteiger partial charge in [-0.3, -0.25) is 4.90 Å². The molecule has 0 spiro atoms. The summed E-state index contributed by atoms with van der Waals surface area (Å²) in [6, 6.07) is 8.36. The maximum absolute atomic E-state index is 5.85. The number of hydrogen-bond acceptors (Lipinski definition) is 4. The summed E-state index contributed by atoms with van der Waals surface area (Å²) in [4.78, 5) is 2.50. The summed E-state index contributed by atoms with van der Waals surface area (Å²) in [5, 5.41) is 3.36. The second-order valence-corrected chi connectivity index (χ2v) is 5.88. The summed E-state index contributed by atoms with van der Waals surface area (Å²) in [6.45, 7) is 6.92. The number of likely N-dealkylation sites (tertiary alicyclic amines) is 1. The number of piperidine rings is 1. The third-order valence-corrected chi connectivity index (χ3v) is 4.30. The Morgan fingerprint density at radius 3 is 2.67 bits per heavy atom. The predicted molar refractivity (Wildman–Crippen MR) is 83.8 cm³/mol. The van der Waals surface area contributed by atoms with E-state index in [9.17, 15) is 0 Å². The Morgan fingerprint density at radius 2 is 1.95 bits per heavy atom. The summed E-state index contributed by atoms with van der Waals surface area (Å²) in [5.41, 5.74) is 1.23. The van der Waals surface area contributed by atoms with Gasteiger partial charge in [-0.25, -0.2) is 0 Å². The smallest absolute Gasteiger partial charge is 0.119 e. The lowest BCUT2D eigenvalue weighted by atomic mass is 10.1. The Balaban J connectivity index is 1.43. The summed E-state index contributed by atoms with van der Waals surface area (Å²) in [5.74, 6) is 0.958. The quantitative estimate of drug-likeness (QED) is 0.901. The van der Waals surface area contributed by atoms with Crippen molar-refractivity contribution in [3.63, 3.8) is 0 Å². The molecule has 0 amide bonds. The molecule has 0 unspecified atom stereocenters. The van der Waals surface area contributed by atoms with Gasteiger partial charge in [0, 0.05) is 19.6 Å². The molecule has 0 bridgehead atoms. The third-order valence-electron chi connectivity index (χ3n) is 4.30. The van der Waals surface area contributed by atoms with E-state index in [0.717, 1.165) is 38.6 Å². The number of morpholine rings is 1. The van der Waals surface area contributed by atoms with E-state index in [4.69, 9.17) is 9.47 Å². The van der Waals surface area contributed by atoms with Gasteiger partial charge in [-0.05, 0) is 43.6 Å². The molecule has 1 aromatic carbocycles. The van der Waals surface area contributed by atoms with Gasteiger partial charge in [-0.2, -0.15) is 0 Å². The van der Waals surface area contributed by atoms with Crippen LogP contribution in [0.4, 0.5) is 0 Å². The van der Waals surface area contributed by atoms with Gasteiger partial charge in [-0.15, -0.1) is 0 Å². The zero-order chi connectivity index (χ0) is 14.3. The Labute approximate surface area is 127 Å². The molecule has 2 saturated heterocycles. The van der Waals surface area contributed by atoms with Crippen molar-refractivity contribution < 1.29 is 9.47 Å². The van der Waals surface area contributed by atoms with Gasteiger partial charge in [0.25, 0.3) is 0 Å². The van der Waals surface area contributed by atoms with E-state index >= 15 is 0 Å². The molecule has 4 nitrogen and oxygen atoms in total. The van der Waals surface area contributed by atoms with Gasteiger partial charge >= 0.3 is 0 Å². The van der Waals surface area contributed by atoms with Crippen LogP contribution >= 0.6 is 0 Å². The first-order chi connectivity index (χ1) is 10.4. The molecular weight excluding hydrogens is 264 g/mol. The molecular formula is C17H26N2O2. The van der Waals surface area contributed by atoms with Crippen LogP contribution in [-0.4, -0.2) is 50.8 Å².